The van der Waals surface area contributed by atoms with Crippen molar-refractivity contribution in [3.05, 3.63) is 112 Å². The Balaban J connectivity index is 1.35. The number of H-pyrrole nitrogens is 1. The molecule has 0 aliphatic rings. The normalized spacial score (nSPS) is 11.0. The number of aromatic amines is 1. The van der Waals surface area contributed by atoms with Crippen molar-refractivity contribution in [1.29, 1.82) is 0 Å². The van der Waals surface area contributed by atoms with Crippen LogP contribution in [0.25, 0.3) is 22.0 Å². The molecule has 3 aromatic heterocycles. The maximum absolute atomic E-state index is 13.5. The predicted molar refractivity (Wildman–Crippen MR) is 124 cm³/mol. The highest BCUT2D eigenvalue weighted by molar-refractivity contribution is 5.95. The molecule has 35 heavy (non-hydrogen) atoms. The molecule has 0 unspecified atom stereocenters. The second-order valence-electron chi connectivity index (χ2n) is 7.87. The molecular formula is C25H18F2N6O2. The Morgan fingerprint density at radius 3 is 2.69 bits per heavy atom. The van der Waals surface area contributed by atoms with Crippen LogP contribution in [0, 0.1) is 11.6 Å². The van der Waals surface area contributed by atoms with E-state index in [2.05, 4.69) is 25.5 Å². The van der Waals surface area contributed by atoms with Crippen molar-refractivity contribution in [1.82, 2.24) is 30.0 Å². The van der Waals surface area contributed by atoms with Crippen molar-refractivity contribution in [2.45, 2.75) is 13.1 Å². The first-order valence-electron chi connectivity index (χ1n) is 10.6. The largest absolute Gasteiger partial charge is 0.348 e. The molecule has 0 aliphatic carbocycles. The molecule has 3 heterocycles. The average Bonchev–Trinajstić information content (AvgIpc) is 3.40. The molecule has 5 rings (SSSR count). The van der Waals surface area contributed by atoms with Crippen molar-refractivity contribution in [2.75, 3.05) is 0 Å². The zero-order valence-electron chi connectivity index (χ0n) is 18.2. The number of fused-ring (bicyclic) bond motifs is 1. The third kappa shape index (κ3) is 4.54. The Hall–Kier alpha value is -4.73. The lowest BCUT2D eigenvalue weighted by Gasteiger charge is -2.10. The summed E-state index contributed by atoms with van der Waals surface area (Å²) in [7, 11) is 0. The van der Waals surface area contributed by atoms with Crippen molar-refractivity contribution < 1.29 is 13.6 Å². The molecule has 10 heteroatoms. The molecule has 2 N–H and O–H groups in total. The van der Waals surface area contributed by atoms with Gasteiger partial charge in [0.1, 0.15) is 5.56 Å². The van der Waals surface area contributed by atoms with Gasteiger partial charge in [-0.2, -0.15) is 5.10 Å². The quantitative estimate of drug-likeness (QED) is 0.394. The van der Waals surface area contributed by atoms with Gasteiger partial charge in [0, 0.05) is 36.1 Å². The Kier molecular flexibility index (Phi) is 5.84. The van der Waals surface area contributed by atoms with Crippen LogP contribution in [0.15, 0.2) is 78.4 Å². The van der Waals surface area contributed by atoms with E-state index in [0.717, 1.165) is 39.7 Å². The first kappa shape index (κ1) is 22.1. The highest BCUT2D eigenvalue weighted by Gasteiger charge is 2.14. The number of carbonyl (C=O) groups excluding carboxylic acids is 1. The number of rotatable bonds is 6. The molecule has 1 amide bonds. The van der Waals surface area contributed by atoms with E-state index in [1.807, 2.05) is 24.3 Å². The van der Waals surface area contributed by atoms with Gasteiger partial charge < -0.3 is 5.32 Å². The van der Waals surface area contributed by atoms with Crippen LogP contribution in [0.5, 0.6) is 0 Å². The van der Waals surface area contributed by atoms with Gasteiger partial charge in [-0.3, -0.25) is 24.2 Å². The first-order valence-corrected chi connectivity index (χ1v) is 10.6. The topological polar surface area (TPSA) is 106 Å². The molecule has 0 atom stereocenters. The van der Waals surface area contributed by atoms with E-state index in [0.29, 0.717) is 5.56 Å². The molecule has 0 radical (unpaired) electrons. The zero-order valence-corrected chi connectivity index (χ0v) is 18.2. The van der Waals surface area contributed by atoms with Crippen LogP contribution in [0.2, 0.25) is 0 Å². The molecule has 0 fully saturated rings. The highest BCUT2D eigenvalue weighted by atomic mass is 19.2. The van der Waals surface area contributed by atoms with E-state index in [1.54, 1.807) is 18.6 Å². The summed E-state index contributed by atoms with van der Waals surface area (Å²) < 4.78 is 27.8. The van der Waals surface area contributed by atoms with E-state index < -0.39 is 23.1 Å². The van der Waals surface area contributed by atoms with E-state index in [1.165, 1.54) is 23.2 Å². The van der Waals surface area contributed by atoms with E-state index in [4.69, 9.17) is 0 Å². The fraction of sp³-hybridized carbons (Fsp3) is 0.0800. The number of halogens is 2. The van der Waals surface area contributed by atoms with Crippen LogP contribution in [0.3, 0.4) is 0 Å². The molecule has 5 aromatic rings. The third-order valence-corrected chi connectivity index (χ3v) is 5.55. The number of hydrogen-bond acceptors (Lipinski definition) is 5. The number of amides is 1. The van der Waals surface area contributed by atoms with Gasteiger partial charge in [0.2, 0.25) is 0 Å². The molecule has 0 saturated heterocycles. The van der Waals surface area contributed by atoms with Gasteiger partial charge in [-0.15, -0.1) is 0 Å². The lowest BCUT2D eigenvalue weighted by molar-refractivity contribution is 0.0948. The Morgan fingerprint density at radius 1 is 1.03 bits per heavy atom. The third-order valence-electron chi connectivity index (χ3n) is 5.55. The van der Waals surface area contributed by atoms with E-state index in [9.17, 15) is 18.4 Å². The number of benzene rings is 2. The molecule has 8 nitrogen and oxygen atoms in total. The Bertz CT molecular complexity index is 1600. The summed E-state index contributed by atoms with van der Waals surface area (Å²) in [5, 5.41) is 10.4. The molecule has 0 spiro atoms. The average molecular weight is 472 g/mol. The van der Waals surface area contributed by atoms with Crippen molar-refractivity contribution >= 4 is 16.8 Å². The minimum Gasteiger partial charge on any atom is -0.348 e. The van der Waals surface area contributed by atoms with Crippen molar-refractivity contribution in [2.24, 2.45) is 0 Å². The first-order chi connectivity index (χ1) is 17.0. The van der Waals surface area contributed by atoms with Gasteiger partial charge in [-0.05, 0) is 47.0 Å². The minimum absolute atomic E-state index is 0.0569. The Morgan fingerprint density at radius 2 is 1.89 bits per heavy atom. The van der Waals surface area contributed by atoms with Crippen LogP contribution in [-0.4, -0.2) is 30.6 Å². The van der Waals surface area contributed by atoms with Gasteiger partial charge in [0.05, 0.1) is 24.6 Å². The summed E-state index contributed by atoms with van der Waals surface area (Å²) in [5.41, 5.74) is 3.09. The number of nitrogens with zero attached hydrogens (tertiary/aromatic N) is 4. The second kappa shape index (κ2) is 9.26. The summed E-state index contributed by atoms with van der Waals surface area (Å²) in [6, 6.07) is 10.9. The molecule has 0 saturated carbocycles. The summed E-state index contributed by atoms with van der Waals surface area (Å²) in [4.78, 5) is 33.9. The number of carbonyl (C=O) groups is 1. The summed E-state index contributed by atoms with van der Waals surface area (Å²) >= 11 is 0. The Labute approximate surface area is 197 Å². The molecular weight excluding hydrogens is 454 g/mol. The standard InChI is InChI=1S/C25H18F2N6O2/c26-21-3-1-16(8-22(21)27)13-33-14-28-12-20(25(33)35)24(34)30-9-15-2-4-23-19(7-15)18(5-6-29-23)17-10-31-32-11-17/h1-8,10-12,14H,9,13H2,(H,30,34)(H,31,32). The molecule has 0 bridgehead atoms. The summed E-state index contributed by atoms with van der Waals surface area (Å²) in [5.74, 6) is -2.59. The lowest BCUT2D eigenvalue weighted by Crippen LogP contribution is -2.33. The van der Waals surface area contributed by atoms with Crippen molar-refractivity contribution in [3.8, 4) is 11.1 Å². The molecule has 0 aliphatic heterocycles. The number of aromatic nitrogens is 5. The van der Waals surface area contributed by atoms with Crippen molar-refractivity contribution in [3.63, 3.8) is 0 Å². The lowest BCUT2D eigenvalue weighted by atomic mass is 10.0. The highest BCUT2D eigenvalue weighted by Crippen LogP contribution is 2.27. The minimum atomic E-state index is -1.01. The molecule has 2 aromatic carbocycles. The van der Waals surface area contributed by atoms with Crippen LogP contribution < -0.4 is 10.9 Å². The van der Waals surface area contributed by atoms with Crippen LogP contribution in [-0.2, 0) is 13.1 Å². The number of nitrogens with one attached hydrogen (secondary N) is 2. The zero-order chi connectivity index (χ0) is 24.4. The summed E-state index contributed by atoms with van der Waals surface area (Å²) in [6.45, 7) is 0.116. The predicted octanol–water partition coefficient (Wildman–Crippen LogP) is 3.44. The van der Waals surface area contributed by atoms with Gasteiger partial charge in [-0.1, -0.05) is 12.1 Å². The second-order valence-corrected chi connectivity index (χ2v) is 7.87. The van der Waals surface area contributed by atoms with Gasteiger partial charge in [0.25, 0.3) is 11.5 Å². The molecule has 174 valence electrons. The SMILES string of the molecule is O=C(NCc1ccc2nccc(-c3cn[nH]c3)c2c1)c1cncn(Cc2ccc(F)c(F)c2)c1=O. The van der Waals surface area contributed by atoms with Gasteiger partial charge >= 0.3 is 0 Å². The van der Waals surface area contributed by atoms with Crippen LogP contribution in [0.4, 0.5) is 8.78 Å². The number of pyridine rings is 1. The van der Waals surface area contributed by atoms with E-state index >= 15 is 0 Å². The fourth-order valence-electron chi connectivity index (χ4n) is 3.78. The van der Waals surface area contributed by atoms with Crippen LogP contribution >= 0.6 is 0 Å². The number of hydrogen-bond donors (Lipinski definition) is 2. The monoisotopic (exact) mass is 472 g/mol. The fourth-order valence-corrected chi connectivity index (χ4v) is 3.78. The maximum atomic E-state index is 13.5. The van der Waals surface area contributed by atoms with Gasteiger partial charge in [0.15, 0.2) is 11.6 Å². The summed E-state index contributed by atoms with van der Waals surface area (Å²) in [6.07, 6.45) is 7.66. The van der Waals surface area contributed by atoms with E-state index in [-0.39, 0.29) is 18.7 Å². The smallest absolute Gasteiger partial charge is 0.266 e. The van der Waals surface area contributed by atoms with Gasteiger partial charge in [-0.25, -0.2) is 13.8 Å². The maximum Gasteiger partial charge on any atom is 0.266 e. The van der Waals surface area contributed by atoms with Crippen LogP contribution in [0.1, 0.15) is 21.5 Å².